The minimum absolute atomic E-state index is 0.0650. The van der Waals surface area contributed by atoms with Crippen LogP contribution < -0.4 is 10.0 Å². The van der Waals surface area contributed by atoms with Gasteiger partial charge in [-0.3, -0.25) is 14.8 Å². The third kappa shape index (κ3) is 3.68. The van der Waals surface area contributed by atoms with Crippen molar-refractivity contribution in [3.05, 3.63) is 34.5 Å². The molecule has 3 aromatic rings. The molecule has 0 radical (unpaired) electrons. The van der Waals surface area contributed by atoms with E-state index in [0.29, 0.717) is 5.58 Å². The Morgan fingerprint density at radius 1 is 1.30 bits per heavy atom. The summed E-state index contributed by atoms with van der Waals surface area (Å²) in [5.74, 6) is -0.394. The van der Waals surface area contributed by atoms with Crippen molar-refractivity contribution in [1.29, 1.82) is 0 Å². The van der Waals surface area contributed by atoms with E-state index in [1.807, 2.05) is 12.1 Å². The summed E-state index contributed by atoms with van der Waals surface area (Å²) in [5, 5.41) is 10.8. The second-order valence-electron chi connectivity index (χ2n) is 4.51. The first-order valence-corrected chi connectivity index (χ1v) is 9.62. The Hall–Kier alpha value is -1.98. The van der Waals surface area contributed by atoms with Crippen molar-refractivity contribution in [2.24, 2.45) is 0 Å². The van der Waals surface area contributed by atoms with Crippen LogP contribution in [-0.2, 0) is 10.0 Å². The van der Waals surface area contributed by atoms with Crippen LogP contribution in [0, 0.1) is 0 Å². The first kappa shape index (κ1) is 15.9. The van der Waals surface area contributed by atoms with Gasteiger partial charge in [-0.2, -0.15) is 0 Å². The molecule has 1 amide bonds. The predicted octanol–water partition coefficient (Wildman–Crippen LogP) is 2.67. The zero-order valence-corrected chi connectivity index (χ0v) is 14.8. The fourth-order valence-corrected chi connectivity index (χ4v) is 3.70. The molecule has 0 aliphatic carbocycles. The minimum Gasteiger partial charge on any atom is -0.450 e. The van der Waals surface area contributed by atoms with Gasteiger partial charge in [-0.1, -0.05) is 23.5 Å². The molecule has 23 heavy (non-hydrogen) atoms. The highest BCUT2D eigenvalue weighted by atomic mass is 79.9. The van der Waals surface area contributed by atoms with Gasteiger partial charge in [0.25, 0.3) is 5.91 Å². The Kier molecular flexibility index (Phi) is 4.08. The molecular formula is C12H9BrN4O4S2. The summed E-state index contributed by atoms with van der Waals surface area (Å²) in [6.07, 6.45) is 0.999. The smallest absolute Gasteiger partial charge is 0.293 e. The van der Waals surface area contributed by atoms with Crippen molar-refractivity contribution < 1.29 is 17.6 Å². The summed E-state index contributed by atoms with van der Waals surface area (Å²) in [7, 11) is -3.45. The molecule has 1 aromatic carbocycles. The largest absolute Gasteiger partial charge is 0.450 e. The van der Waals surface area contributed by atoms with Crippen LogP contribution in [-0.4, -0.2) is 30.8 Å². The number of fused-ring (bicyclic) bond motifs is 1. The van der Waals surface area contributed by atoms with Gasteiger partial charge in [-0.15, -0.1) is 10.2 Å². The summed E-state index contributed by atoms with van der Waals surface area (Å²) >= 11 is 4.24. The number of nitrogens with one attached hydrogen (secondary N) is 2. The van der Waals surface area contributed by atoms with E-state index in [-0.39, 0.29) is 16.0 Å². The van der Waals surface area contributed by atoms with E-state index in [1.165, 1.54) is 0 Å². The molecule has 0 unspecified atom stereocenters. The minimum atomic E-state index is -3.45. The van der Waals surface area contributed by atoms with Crippen LogP contribution in [0.5, 0.6) is 0 Å². The molecule has 0 saturated carbocycles. The standard InChI is InChI=1S/C12H9BrN4O4S2/c1-23(19,20)17-12-16-15-11(22-12)14-10(18)8-5-6-3-2-4-7(13)9(6)21-8/h2-5H,1H3,(H,16,17)(H,14,15,18). The molecule has 0 saturated heterocycles. The van der Waals surface area contributed by atoms with Crippen molar-refractivity contribution in [1.82, 2.24) is 10.2 Å². The summed E-state index contributed by atoms with van der Waals surface area (Å²) < 4.78 is 30.6. The average Bonchev–Trinajstić information content (AvgIpc) is 3.04. The number of carbonyl (C=O) groups is 1. The second-order valence-corrected chi connectivity index (χ2v) is 8.09. The number of carbonyl (C=O) groups excluding carboxylic acids is 1. The maximum absolute atomic E-state index is 12.2. The van der Waals surface area contributed by atoms with E-state index in [1.54, 1.807) is 12.1 Å². The van der Waals surface area contributed by atoms with Gasteiger partial charge in [0.05, 0.1) is 10.7 Å². The average molecular weight is 417 g/mol. The van der Waals surface area contributed by atoms with Crippen molar-refractivity contribution in [3.8, 4) is 0 Å². The number of benzene rings is 1. The van der Waals surface area contributed by atoms with Crippen LogP contribution >= 0.6 is 27.3 Å². The fraction of sp³-hybridized carbons (Fsp3) is 0.0833. The van der Waals surface area contributed by atoms with E-state index < -0.39 is 15.9 Å². The predicted molar refractivity (Wildman–Crippen MR) is 90.2 cm³/mol. The van der Waals surface area contributed by atoms with Gasteiger partial charge in [0.2, 0.25) is 20.3 Å². The third-order valence-electron chi connectivity index (χ3n) is 2.64. The number of anilines is 2. The lowest BCUT2D eigenvalue weighted by atomic mass is 10.2. The van der Waals surface area contributed by atoms with Gasteiger partial charge >= 0.3 is 0 Å². The van der Waals surface area contributed by atoms with E-state index in [4.69, 9.17) is 4.42 Å². The number of para-hydroxylation sites is 1. The Morgan fingerprint density at radius 3 is 2.74 bits per heavy atom. The lowest BCUT2D eigenvalue weighted by Gasteiger charge is -1.97. The molecule has 3 rings (SSSR count). The maximum atomic E-state index is 12.2. The summed E-state index contributed by atoms with van der Waals surface area (Å²) in [5.41, 5.74) is 0.564. The molecule has 0 spiro atoms. The lowest BCUT2D eigenvalue weighted by Crippen LogP contribution is -2.10. The highest BCUT2D eigenvalue weighted by Gasteiger charge is 2.16. The molecule has 0 aliphatic rings. The fourth-order valence-electron chi connectivity index (χ4n) is 1.77. The molecule has 120 valence electrons. The maximum Gasteiger partial charge on any atom is 0.293 e. The summed E-state index contributed by atoms with van der Waals surface area (Å²) in [4.78, 5) is 12.2. The van der Waals surface area contributed by atoms with Gasteiger partial charge < -0.3 is 4.42 Å². The zero-order chi connectivity index (χ0) is 16.6. The number of nitrogens with zero attached hydrogens (tertiary/aromatic N) is 2. The van der Waals surface area contributed by atoms with Gasteiger partial charge in [0, 0.05) is 5.39 Å². The summed E-state index contributed by atoms with van der Waals surface area (Å²) in [6.45, 7) is 0. The van der Waals surface area contributed by atoms with E-state index >= 15 is 0 Å². The number of furan rings is 1. The monoisotopic (exact) mass is 416 g/mol. The molecule has 0 atom stereocenters. The molecule has 2 aromatic heterocycles. The highest BCUT2D eigenvalue weighted by Crippen LogP contribution is 2.28. The molecule has 0 fully saturated rings. The SMILES string of the molecule is CS(=O)(=O)Nc1nnc(NC(=O)c2cc3cccc(Br)c3o2)s1. The molecule has 2 N–H and O–H groups in total. The number of rotatable bonds is 4. The molecular weight excluding hydrogens is 408 g/mol. The summed E-state index contributed by atoms with van der Waals surface area (Å²) in [6, 6.07) is 7.06. The van der Waals surface area contributed by atoms with Crippen molar-refractivity contribution in [2.45, 2.75) is 0 Å². The number of hydrogen-bond donors (Lipinski definition) is 2. The lowest BCUT2D eigenvalue weighted by molar-refractivity contribution is 0.0998. The number of aromatic nitrogens is 2. The molecule has 2 heterocycles. The first-order chi connectivity index (χ1) is 10.8. The highest BCUT2D eigenvalue weighted by molar-refractivity contribution is 9.10. The van der Waals surface area contributed by atoms with Crippen LogP contribution in [0.2, 0.25) is 0 Å². The van der Waals surface area contributed by atoms with Crippen LogP contribution in [0.25, 0.3) is 11.0 Å². The van der Waals surface area contributed by atoms with E-state index in [2.05, 4.69) is 36.2 Å². The second kappa shape index (κ2) is 5.91. The number of halogens is 1. The Labute approximate surface area is 143 Å². The number of hydrogen-bond acceptors (Lipinski definition) is 7. The Morgan fingerprint density at radius 2 is 2.04 bits per heavy atom. The Bertz CT molecular complexity index is 996. The molecule has 0 aliphatic heterocycles. The van der Waals surface area contributed by atoms with E-state index in [0.717, 1.165) is 27.5 Å². The van der Waals surface area contributed by atoms with Gasteiger partial charge in [-0.25, -0.2) is 8.42 Å². The topological polar surface area (TPSA) is 114 Å². The molecule has 11 heteroatoms. The zero-order valence-electron chi connectivity index (χ0n) is 11.5. The van der Waals surface area contributed by atoms with Crippen LogP contribution in [0.3, 0.4) is 0 Å². The van der Waals surface area contributed by atoms with Gasteiger partial charge in [0.1, 0.15) is 5.58 Å². The van der Waals surface area contributed by atoms with Gasteiger partial charge in [-0.05, 0) is 28.1 Å². The first-order valence-electron chi connectivity index (χ1n) is 6.12. The van der Waals surface area contributed by atoms with Crippen LogP contribution in [0.1, 0.15) is 10.6 Å². The number of sulfonamides is 1. The van der Waals surface area contributed by atoms with Crippen molar-refractivity contribution in [2.75, 3.05) is 16.3 Å². The van der Waals surface area contributed by atoms with E-state index in [9.17, 15) is 13.2 Å². The molecule has 0 bridgehead atoms. The van der Waals surface area contributed by atoms with Gasteiger partial charge in [0.15, 0.2) is 5.76 Å². The van der Waals surface area contributed by atoms with Crippen LogP contribution in [0.4, 0.5) is 10.3 Å². The van der Waals surface area contributed by atoms with Crippen molar-refractivity contribution in [3.63, 3.8) is 0 Å². The van der Waals surface area contributed by atoms with Crippen LogP contribution in [0.15, 0.2) is 33.2 Å². The van der Waals surface area contributed by atoms with Crippen molar-refractivity contribution >= 4 is 64.4 Å². The quantitative estimate of drug-likeness (QED) is 0.675. The number of amides is 1. The molecule has 8 nitrogen and oxygen atoms in total. The normalized spacial score (nSPS) is 11.6. The Balaban J connectivity index is 1.79. The third-order valence-corrected chi connectivity index (χ3v) is 4.71.